The molecule has 1 aromatic carbocycles. The highest BCUT2D eigenvalue weighted by atomic mass is 35.5. The van der Waals surface area contributed by atoms with E-state index in [-0.39, 0.29) is 5.02 Å². The van der Waals surface area contributed by atoms with Crippen LogP contribution in [0.25, 0.3) is 0 Å². The van der Waals surface area contributed by atoms with Gasteiger partial charge in [0.25, 0.3) is 0 Å². The standard InChI is InChI=1S/C13H15Cl2F3N2/c14-10-2-1-9(7-11(10)15)12(8-13(16,17)18)20-5-3-19-4-6-20/h1-2,7,12,19H,3-6,8H2/t12-/m1/s1. The molecular weight excluding hydrogens is 312 g/mol. The summed E-state index contributed by atoms with van der Waals surface area (Å²) in [6.07, 6.45) is -5.10. The maximum absolute atomic E-state index is 12.8. The fraction of sp³-hybridized carbons (Fsp3) is 0.538. The van der Waals surface area contributed by atoms with E-state index in [2.05, 4.69) is 5.32 Å². The number of nitrogens with zero attached hydrogens (tertiary/aromatic N) is 1. The molecule has 1 aromatic rings. The number of nitrogens with one attached hydrogen (secondary N) is 1. The van der Waals surface area contributed by atoms with Gasteiger partial charge in [-0.1, -0.05) is 29.3 Å². The number of halogens is 5. The zero-order valence-corrected chi connectivity index (χ0v) is 12.2. The van der Waals surface area contributed by atoms with Gasteiger partial charge in [0.2, 0.25) is 0 Å². The van der Waals surface area contributed by atoms with Gasteiger partial charge in [0.1, 0.15) is 0 Å². The highest BCUT2D eigenvalue weighted by Gasteiger charge is 2.36. The fourth-order valence-electron chi connectivity index (χ4n) is 2.39. The fourth-order valence-corrected chi connectivity index (χ4v) is 2.70. The van der Waals surface area contributed by atoms with Crippen molar-refractivity contribution in [3.05, 3.63) is 33.8 Å². The number of hydrogen-bond acceptors (Lipinski definition) is 2. The average Bonchev–Trinajstić information content (AvgIpc) is 2.39. The third-order valence-electron chi connectivity index (χ3n) is 3.35. The van der Waals surface area contributed by atoms with E-state index in [1.165, 1.54) is 6.07 Å². The van der Waals surface area contributed by atoms with Crippen molar-refractivity contribution in [1.29, 1.82) is 0 Å². The number of rotatable bonds is 3. The smallest absolute Gasteiger partial charge is 0.314 e. The topological polar surface area (TPSA) is 15.3 Å². The van der Waals surface area contributed by atoms with Crippen molar-refractivity contribution in [2.75, 3.05) is 26.2 Å². The first-order valence-electron chi connectivity index (χ1n) is 6.33. The number of alkyl halides is 3. The summed E-state index contributed by atoms with van der Waals surface area (Å²) in [5.74, 6) is 0. The lowest BCUT2D eigenvalue weighted by Gasteiger charge is -2.35. The second-order valence-corrected chi connectivity index (χ2v) is 5.61. The molecule has 1 atom stereocenters. The Kier molecular flexibility index (Phi) is 5.18. The van der Waals surface area contributed by atoms with Gasteiger partial charge < -0.3 is 5.32 Å². The first-order valence-corrected chi connectivity index (χ1v) is 7.09. The molecule has 0 aliphatic carbocycles. The zero-order chi connectivity index (χ0) is 14.8. The molecule has 0 aromatic heterocycles. The van der Waals surface area contributed by atoms with Crippen molar-refractivity contribution in [3.63, 3.8) is 0 Å². The highest BCUT2D eigenvalue weighted by molar-refractivity contribution is 6.42. The molecule has 2 nitrogen and oxygen atoms in total. The lowest BCUT2D eigenvalue weighted by molar-refractivity contribution is -0.148. The predicted octanol–water partition coefficient (Wildman–Crippen LogP) is 3.89. The molecule has 1 heterocycles. The molecule has 1 saturated heterocycles. The van der Waals surface area contributed by atoms with Crippen LogP contribution in [-0.4, -0.2) is 37.3 Å². The van der Waals surface area contributed by atoms with Crippen molar-refractivity contribution >= 4 is 23.2 Å². The van der Waals surface area contributed by atoms with E-state index in [9.17, 15) is 13.2 Å². The minimum Gasteiger partial charge on any atom is -0.314 e. The van der Waals surface area contributed by atoms with Gasteiger partial charge in [-0.25, -0.2) is 0 Å². The Morgan fingerprint density at radius 1 is 1.15 bits per heavy atom. The monoisotopic (exact) mass is 326 g/mol. The Morgan fingerprint density at radius 3 is 2.35 bits per heavy atom. The van der Waals surface area contributed by atoms with E-state index in [1.54, 1.807) is 12.1 Å². The Hall–Kier alpha value is -0.490. The molecule has 20 heavy (non-hydrogen) atoms. The molecule has 1 aliphatic rings. The minimum atomic E-state index is -4.22. The van der Waals surface area contributed by atoms with Crippen LogP contribution in [0.2, 0.25) is 10.0 Å². The van der Waals surface area contributed by atoms with Gasteiger partial charge in [-0.3, -0.25) is 4.90 Å². The van der Waals surface area contributed by atoms with Crippen LogP contribution >= 0.6 is 23.2 Å². The summed E-state index contributed by atoms with van der Waals surface area (Å²) in [5, 5.41) is 3.77. The third-order valence-corrected chi connectivity index (χ3v) is 4.08. The minimum absolute atomic E-state index is 0.284. The molecule has 0 saturated carbocycles. The van der Waals surface area contributed by atoms with Crippen LogP contribution in [0.15, 0.2) is 18.2 Å². The summed E-state index contributed by atoms with van der Waals surface area (Å²) in [6.45, 7) is 2.55. The molecule has 0 bridgehead atoms. The number of piperazine rings is 1. The van der Waals surface area contributed by atoms with Crippen LogP contribution in [0.1, 0.15) is 18.0 Å². The van der Waals surface area contributed by atoms with Gasteiger partial charge in [0.05, 0.1) is 16.5 Å². The molecule has 112 valence electrons. The average molecular weight is 327 g/mol. The highest BCUT2D eigenvalue weighted by Crippen LogP contribution is 2.36. The molecule has 2 rings (SSSR count). The lowest BCUT2D eigenvalue weighted by Crippen LogP contribution is -2.46. The maximum atomic E-state index is 12.8. The van der Waals surface area contributed by atoms with Crippen LogP contribution < -0.4 is 5.32 Å². The first kappa shape index (κ1) is 15.9. The van der Waals surface area contributed by atoms with Crippen LogP contribution in [0.4, 0.5) is 13.2 Å². The van der Waals surface area contributed by atoms with E-state index in [1.807, 2.05) is 4.90 Å². The third kappa shape index (κ3) is 4.25. The summed E-state index contributed by atoms with van der Waals surface area (Å²) in [6, 6.07) is 3.98. The van der Waals surface area contributed by atoms with Crippen molar-refractivity contribution in [1.82, 2.24) is 10.2 Å². The van der Waals surface area contributed by atoms with Crippen molar-refractivity contribution in [2.45, 2.75) is 18.6 Å². The molecule has 0 spiro atoms. The maximum Gasteiger partial charge on any atom is 0.390 e. The van der Waals surface area contributed by atoms with E-state index < -0.39 is 18.6 Å². The van der Waals surface area contributed by atoms with Crippen LogP contribution in [0, 0.1) is 0 Å². The van der Waals surface area contributed by atoms with Gasteiger partial charge in [0, 0.05) is 32.2 Å². The Labute approximate surface area is 125 Å². The first-order chi connectivity index (χ1) is 9.37. The van der Waals surface area contributed by atoms with Crippen molar-refractivity contribution in [3.8, 4) is 0 Å². The Morgan fingerprint density at radius 2 is 1.80 bits per heavy atom. The lowest BCUT2D eigenvalue weighted by atomic mass is 10.0. The van der Waals surface area contributed by atoms with Crippen molar-refractivity contribution < 1.29 is 13.2 Å². The summed E-state index contributed by atoms with van der Waals surface area (Å²) < 4.78 is 38.5. The number of hydrogen-bond donors (Lipinski definition) is 1. The van der Waals surface area contributed by atoms with Gasteiger partial charge in [-0.2, -0.15) is 13.2 Å². The molecule has 0 unspecified atom stereocenters. The second kappa shape index (κ2) is 6.52. The SMILES string of the molecule is FC(F)(F)C[C@H](c1ccc(Cl)c(Cl)c1)N1CCNCC1. The Balaban J connectivity index is 2.26. The molecule has 1 fully saturated rings. The Bertz CT molecular complexity index is 459. The molecule has 1 aliphatic heterocycles. The van der Waals surface area contributed by atoms with Crippen molar-refractivity contribution in [2.24, 2.45) is 0 Å². The van der Waals surface area contributed by atoms with Gasteiger partial charge in [-0.05, 0) is 17.7 Å². The van der Waals surface area contributed by atoms with Crippen LogP contribution in [0.5, 0.6) is 0 Å². The van der Waals surface area contributed by atoms with Gasteiger partial charge in [0.15, 0.2) is 0 Å². The predicted molar refractivity (Wildman–Crippen MR) is 74.3 cm³/mol. The van der Waals surface area contributed by atoms with Gasteiger partial charge in [-0.15, -0.1) is 0 Å². The summed E-state index contributed by atoms with van der Waals surface area (Å²) in [4.78, 5) is 1.84. The molecular formula is C13H15Cl2F3N2. The van der Waals surface area contributed by atoms with E-state index in [4.69, 9.17) is 23.2 Å². The zero-order valence-electron chi connectivity index (χ0n) is 10.7. The summed E-state index contributed by atoms with van der Waals surface area (Å²) in [5.41, 5.74) is 0.554. The molecule has 0 amide bonds. The van der Waals surface area contributed by atoms with Gasteiger partial charge >= 0.3 is 6.18 Å². The van der Waals surface area contributed by atoms with E-state index in [0.717, 1.165) is 0 Å². The van der Waals surface area contributed by atoms with E-state index >= 15 is 0 Å². The molecule has 0 radical (unpaired) electrons. The molecule has 1 N–H and O–H groups in total. The quantitative estimate of drug-likeness (QED) is 0.906. The van der Waals surface area contributed by atoms with Crippen LogP contribution in [-0.2, 0) is 0 Å². The van der Waals surface area contributed by atoms with Crippen LogP contribution in [0.3, 0.4) is 0 Å². The summed E-state index contributed by atoms with van der Waals surface area (Å²) >= 11 is 11.8. The summed E-state index contributed by atoms with van der Waals surface area (Å²) in [7, 11) is 0. The second-order valence-electron chi connectivity index (χ2n) is 4.79. The number of benzene rings is 1. The van der Waals surface area contributed by atoms with E-state index in [0.29, 0.717) is 36.8 Å². The molecule has 7 heteroatoms. The normalized spacial score (nSPS) is 19.1. The largest absolute Gasteiger partial charge is 0.390 e.